The van der Waals surface area contributed by atoms with Gasteiger partial charge in [-0.05, 0) is 38.1 Å². The maximum Gasteiger partial charge on any atom is 0.258 e. The minimum atomic E-state index is -3.68. The first-order valence-electron chi connectivity index (χ1n) is 7.65. The third-order valence-corrected chi connectivity index (χ3v) is 5.77. The Morgan fingerprint density at radius 2 is 2.00 bits per heavy atom. The van der Waals surface area contributed by atoms with Gasteiger partial charge in [0.25, 0.3) is 5.89 Å². The number of halogens is 1. The fourth-order valence-electron chi connectivity index (χ4n) is 2.90. The van der Waals surface area contributed by atoms with Crippen molar-refractivity contribution in [1.29, 1.82) is 0 Å². The summed E-state index contributed by atoms with van der Waals surface area (Å²) >= 11 is 0. The number of nitrogens with two attached hydrogens (primary N) is 1. The summed E-state index contributed by atoms with van der Waals surface area (Å²) < 4.78 is 37.0. The van der Waals surface area contributed by atoms with Gasteiger partial charge < -0.3 is 15.0 Å². The van der Waals surface area contributed by atoms with E-state index in [1.54, 1.807) is 12.1 Å². The average Bonchev–Trinajstić information content (AvgIpc) is 3.24. The zero-order valence-electron chi connectivity index (χ0n) is 14.0. The zero-order chi connectivity index (χ0) is 17.4. The molecule has 1 aromatic carbocycles. The van der Waals surface area contributed by atoms with Crippen molar-refractivity contribution in [2.75, 3.05) is 14.2 Å². The number of sulfonamides is 1. The molecular weight excluding hydrogens is 368 g/mol. The van der Waals surface area contributed by atoms with E-state index in [0.717, 1.165) is 25.7 Å². The highest BCUT2D eigenvalue weighted by Gasteiger charge is 2.36. The Labute approximate surface area is 152 Å². The highest BCUT2D eigenvalue weighted by Crippen LogP contribution is 2.36. The van der Waals surface area contributed by atoms with Gasteiger partial charge in [0.1, 0.15) is 10.6 Å². The van der Waals surface area contributed by atoms with Gasteiger partial charge in [0, 0.05) is 5.56 Å². The Morgan fingerprint density at radius 1 is 1.32 bits per heavy atom. The summed E-state index contributed by atoms with van der Waals surface area (Å²) in [7, 11) is -0.935. The van der Waals surface area contributed by atoms with Crippen LogP contribution in [-0.4, -0.2) is 32.7 Å². The molecule has 1 aliphatic carbocycles. The van der Waals surface area contributed by atoms with E-state index in [1.807, 2.05) is 0 Å². The van der Waals surface area contributed by atoms with Crippen molar-refractivity contribution < 1.29 is 17.7 Å². The lowest BCUT2D eigenvalue weighted by molar-refractivity contribution is 0.372. The van der Waals surface area contributed by atoms with E-state index in [4.69, 9.17) is 15.0 Å². The van der Waals surface area contributed by atoms with Crippen molar-refractivity contribution in [3.05, 3.63) is 24.0 Å². The van der Waals surface area contributed by atoms with Gasteiger partial charge in [0.2, 0.25) is 10.0 Å². The second-order valence-corrected chi connectivity index (χ2v) is 7.71. The number of nitrogens with zero attached hydrogens (tertiary/aromatic N) is 2. The van der Waals surface area contributed by atoms with Crippen molar-refractivity contribution in [2.24, 2.45) is 5.73 Å². The summed E-state index contributed by atoms with van der Waals surface area (Å²) in [5.74, 6) is 0.930. The maximum absolute atomic E-state index is 12.2. The van der Waals surface area contributed by atoms with Crippen LogP contribution < -0.4 is 15.2 Å². The van der Waals surface area contributed by atoms with Crippen molar-refractivity contribution >= 4 is 22.4 Å². The van der Waals surface area contributed by atoms with Crippen LogP contribution in [0.3, 0.4) is 0 Å². The second kappa shape index (κ2) is 7.28. The number of aromatic nitrogens is 2. The van der Waals surface area contributed by atoms with Crippen LogP contribution in [0.25, 0.3) is 11.5 Å². The Kier molecular flexibility index (Phi) is 5.72. The lowest BCUT2D eigenvalue weighted by atomic mass is 9.99. The highest BCUT2D eigenvalue weighted by molar-refractivity contribution is 7.89. The predicted molar refractivity (Wildman–Crippen MR) is 94.1 cm³/mol. The molecule has 1 fully saturated rings. The molecule has 1 saturated carbocycles. The number of methoxy groups -OCH3 is 1. The highest BCUT2D eigenvalue weighted by atomic mass is 35.5. The molecule has 8 nitrogen and oxygen atoms in total. The van der Waals surface area contributed by atoms with E-state index < -0.39 is 15.6 Å². The summed E-state index contributed by atoms with van der Waals surface area (Å²) in [6, 6.07) is 4.67. The zero-order valence-corrected chi connectivity index (χ0v) is 15.6. The second-order valence-electron chi connectivity index (χ2n) is 5.86. The smallest absolute Gasteiger partial charge is 0.258 e. The first-order valence-corrected chi connectivity index (χ1v) is 9.13. The van der Waals surface area contributed by atoms with Crippen LogP contribution in [-0.2, 0) is 15.6 Å². The summed E-state index contributed by atoms with van der Waals surface area (Å²) in [4.78, 5) is 4.39. The number of nitrogens with one attached hydrogen (secondary N) is 1. The first-order chi connectivity index (χ1) is 11.4. The molecule has 0 unspecified atom stereocenters. The van der Waals surface area contributed by atoms with E-state index in [0.29, 0.717) is 11.4 Å². The lowest BCUT2D eigenvalue weighted by Crippen LogP contribution is -2.34. The number of hydrogen-bond donors (Lipinski definition) is 2. The Balaban J connectivity index is 0.00000225. The molecule has 3 N–H and O–H groups in total. The van der Waals surface area contributed by atoms with E-state index in [9.17, 15) is 8.42 Å². The largest absolute Gasteiger partial charge is 0.495 e. The van der Waals surface area contributed by atoms with Gasteiger partial charge in [0.15, 0.2) is 5.82 Å². The summed E-state index contributed by atoms with van der Waals surface area (Å²) in [5, 5.41) is 3.99. The molecule has 0 saturated heterocycles. The fraction of sp³-hybridized carbons (Fsp3) is 0.467. The van der Waals surface area contributed by atoms with Gasteiger partial charge in [0.05, 0.1) is 12.6 Å². The molecule has 1 aliphatic rings. The summed E-state index contributed by atoms with van der Waals surface area (Å²) in [5.41, 5.74) is 6.26. The Morgan fingerprint density at radius 3 is 2.60 bits per heavy atom. The van der Waals surface area contributed by atoms with Crippen LogP contribution in [0.5, 0.6) is 5.75 Å². The number of benzene rings is 1. The quantitative estimate of drug-likeness (QED) is 0.801. The van der Waals surface area contributed by atoms with E-state index >= 15 is 0 Å². The first kappa shape index (κ1) is 19.6. The van der Waals surface area contributed by atoms with Crippen LogP contribution >= 0.6 is 12.4 Å². The molecule has 10 heteroatoms. The normalized spacial score (nSPS) is 16.4. The number of hydrogen-bond acceptors (Lipinski definition) is 7. The summed E-state index contributed by atoms with van der Waals surface area (Å²) in [6.45, 7) is 0. The Bertz CT molecular complexity index is 847. The molecule has 25 heavy (non-hydrogen) atoms. The molecule has 0 radical (unpaired) electrons. The maximum atomic E-state index is 12.2. The van der Waals surface area contributed by atoms with Crippen LogP contribution in [0.15, 0.2) is 27.6 Å². The monoisotopic (exact) mass is 388 g/mol. The van der Waals surface area contributed by atoms with E-state index in [1.165, 1.54) is 20.2 Å². The molecule has 2 aromatic rings. The SMILES string of the molecule is CNS(=O)(=O)c1cc(-c2nc(C3(N)CCCC3)no2)ccc1OC.Cl. The van der Waals surface area contributed by atoms with E-state index in [2.05, 4.69) is 14.9 Å². The van der Waals surface area contributed by atoms with Crippen molar-refractivity contribution in [3.63, 3.8) is 0 Å². The van der Waals surface area contributed by atoms with Gasteiger partial charge in [-0.15, -0.1) is 12.4 Å². The molecule has 0 atom stereocenters. The van der Waals surface area contributed by atoms with Crippen molar-refractivity contribution in [3.8, 4) is 17.2 Å². The molecule has 0 spiro atoms. The molecule has 1 heterocycles. The van der Waals surface area contributed by atoms with Gasteiger partial charge in [-0.25, -0.2) is 13.1 Å². The van der Waals surface area contributed by atoms with Gasteiger partial charge in [-0.2, -0.15) is 4.98 Å². The minimum absolute atomic E-state index is 0. The van der Waals surface area contributed by atoms with Crippen LogP contribution in [0.4, 0.5) is 0 Å². The van der Waals surface area contributed by atoms with Crippen molar-refractivity contribution in [2.45, 2.75) is 36.1 Å². The minimum Gasteiger partial charge on any atom is -0.495 e. The molecule has 0 amide bonds. The Hall–Kier alpha value is -1.68. The predicted octanol–water partition coefficient (Wildman–Crippen LogP) is 1.80. The number of ether oxygens (including phenoxy) is 1. The standard InChI is InChI=1S/C15H20N4O4S.ClH/c1-17-24(20,21)12-9-10(5-6-11(12)22-2)13-18-14(19-23-13)15(16)7-3-4-8-15;/h5-6,9,17H,3-4,7-8,16H2,1-2H3;1H. The average molecular weight is 389 g/mol. The topological polar surface area (TPSA) is 120 Å². The molecule has 1 aromatic heterocycles. The third kappa shape index (κ3) is 3.64. The van der Waals surface area contributed by atoms with Crippen LogP contribution in [0.1, 0.15) is 31.5 Å². The molecular formula is C15H21ClN4O4S. The van der Waals surface area contributed by atoms with Gasteiger partial charge in [-0.3, -0.25) is 0 Å². The fourth-order valence-corrected chi connectivity index (χ4v) is 3.82. The summed E-state index contributed by atoms with van der Waals surface area (Å²) in [6.07, 6.45) is 3.70. The molecule has 3 rings (SSSR count). The van der Waals surface area contributed by atoms with Gasteiger partial charge in [-0.1, -0.05) is 18.0 Å². The van der Waals surface area contributed by atoms with Gasteiger partial charge >= 0.3 is 0 Å². The lowest BCUT2D eigenvalue weighted by Gasteiger charge is -2.17. The number of rotatable bonds is 5. The molecule has 0 bridgehead atoms. The van der Waals surface area contributed by atoms with Crippen molar-refractivity contribution in [1.82, 2.24) is 14.9 Å². The third-order valence-electron chi connectivity index (χ3n) is 4.34. The molecule has 0 aliphatic heterocycles. The van der Waals surface area contributed by atoms with Crippen LogP contribution in [0, 0.1) is 0 Å². The van der Waals surface area contributed by atoms with Crippen LogP contribution in [0.2, 0.25) is 0 Å². The molecule has 138 valence electrons. The van der Waals surface area contributed by atoms with E-state index in [-0.39, 0.29) is 28.9 Å².